The van der Waals surface area contributed by atoms with Crippen LogP contribution < -0.4 is 11.1 Å². The number of carboxylic acids is 1. The summed E-state index contributed by atoms with van der Waals surface area (Å²) in [4.78, 5) is 23.9. The molecule has 4 N–H and O–H groups in total. The fourth-order valence-corrected chi connectivity index (χ4v) is 3.13. The van der Waals surface area contributed by atoms with Gasteiger partial charge in [-0.3, -0.25) is 4.79 Å². The molecule has 2 aromatic carbocycles. The van der Waals surface area contributed by atoms with Gasteiger partial charge in [-0.2, -0.15) is 0 Å². The predicted molar refractivity (Wildman–Crippen MR) is 94.9 cm³/mol. The molecule has 3 atom stereocenters. The molecule has 1 fully saturated rings. The second kappa shape index (κ2) is 7.49. The largest absolute Gasteiger partial charge is 0.480 e. The monoisotopic (exact) mass is 338 g/mol. The van der Waals surface area contributed by atoms with E-state index < -0.39 is 12.0 Å². The first-order valence-electron chi connectivity index (χ1n) is 8.44. The van der Waals surface area contributed by atoms with Crippen molar-refractivity contribution in [2.24, 2.45) is 11.7 Å². The Kier molecular flexibility index (Phi) is 5.14. The number of hydrogen-bond donors (Lipinski definition) is 3. The third kappa shape index (κ3) is 4.25. The average molecular weight is 338 g/mol. The average Bonchev–Trinajstić information content (AvgIpc) is 3.43. The van der Waals surface area contributed by atoms with Gasteiger partial charge < -0.3 is 16.2 Å². The van der Waals surface area contributed by atoms with Gasteiger partial charge in [-0.15, -0.1) is 0 Å². The first-order chi connectivity index (χ1) is 12.1. The third-order valence-electron chi connectivity index (χ3n) is 4.64. The molecule has 0 aliphatic heterocycles. The highest BCUT2D eigenvalue weighted by Gasteiger charge is 2.44. The van der Waals surface area contributed by atoms with Crippen LogP contribution in [0.4, 0.5) is 0 Å². The summed E-state index contributed by atoms with van der Waals surface area (Å²) in [6.07, 6.45) is 1.03. The van der Waals surface area contributed by atoms with Gasteiger partial charge in [-0.25, -0.2) is 4.79 Å². The Morgan fingerprint density at radius 3 is 2.52 bits per heavy atom. The van der Waals surface area contributed by atoms with E-state index >= 15 is 0 Å². The number of nitrogens with two attached hydrogens (primary N) is 1. The third-order valence-corrected chi connectivity index (χ3v) is 4.64. The molecule has 1 aliphatic carbocycles. The van der Waals surface area contributed by atoms with E-state index in [4.69, 9.17) is 5.73 Å². The van der Waals surface area contributed by atoms with Crippen molar-refractivity contribution < 1.29 is 14.7 Å². The van der Waals surface area contributed by atoms with E-state index in [-0.39, 0.29) is 24.2 Å². The minimum atomic E-state index is -1.01. The molecule has 1 amide bonds. The van der Waals surface area contributed by atoms with Crippen molar-refractivity contribution in [3.05, 3.63) is 71.3 Å². The maximum atomic E-state index is 12.4. The van der Waals surface area contributed by atoms with Crippen LogP contribution in [0.15, 0.2) is 54.6 Å². The highest BCUT2D eigenvalue weighted by atomic mass is 16.4. The zero-order chi connectivity index (χ0) is 17.8. The van der Waals surface area contributed by atoms with Crippen molar-refractivity contribution in [2.45, 2.75) is 31.3 Å². The van der Waals surface area contributed by atoms with E-state index in [1.54, 1.807) is 0 Å². The number of carboxylic acid groups (broad SMARTS) is 1. The molecular formula is C20H22N2O3. The molecular weight excluding hydrogens is 316 g/mol. The van der Waals surface area contributed by atoms with Crippen LogP contribution in [0.25, 0.3) is 0 Å². The van der Waals surface area contributed by atoms with Crippen LogP contribution >= 0.6 is 0 Å². The second-order valence-electron chi connectivity index (χ2n) is 6.49. The summed E-state index contributed by atoms with van der Waals surface area (Å²) < 4.78 is 0. The number of carbonyl (C=O) groups excluding carboxylic acids is 1. The number of nitrogens with one attached hydrogen (secondary N) is 1. The van der Waals surface area contributed by atoms with Crippen molar-refractivity contribution in [3.8, 4) is 0 Å². The fraction of sp³-hybridized carbons (Fsp3) is 0.300. The van der Waals surface area contributed by atoms with E-state index in [0.29, 0.717) is 6.54 Å². The molecule has 0 heterocycles. The summed E-state index contributed by atoms with van der Waals surface area (Å²) in [5, 5.41) is 12.1. The quantitative estimate of drug-likeness (QED) is 0.720. The van der Waals surface area contributed by atoms with Gasteiger partial charge in [0.15, 0.2) is 0 Å². The van der Waals surface area contributed by atoms with Crippen molar-refractivity contribution in [2.75, 3.05) is 0 Å². The summed E-state index contributed by atoms with van der Waals surface area (Å²) >= 11 is 0. The number of carbonyl (C=O) groups is 2. The van der Waals surface area contributed by atoms with Gasteiger partial charge in [0.05, 0.1) is 0 Å². The van der Waals surface area contributed by atoms with Crippen molar-refractivity contribution >= 4 is 11.9 Å². The number of hydrogen-bond acceptors (Lipinski definition) is 3. The van der Waals surface area contributed by atoms with E-state index in [1.165, 1.54) is 0 Å². The van der Waals surface area contributed by atoms with E-state index in [0.717, 1.165) is 23.1 Å². The zero-order valence-electron chi connectivity index (χ0n) is 13.9. The zero-order valence-corrected chi connectivity index (χ0v) is 13.9. The highest BCUT2D eigenvalue weighted by molar-refractivity contribution is 5.87. The number of aliphatic carboxylic acids is 1. The molecule has 1 saturated carbocycles. The van der Waals surface area contributed by atoms with Crippen molar-refractivity contribution in [3.63, 3.8) is 0 Å². The molecule has 0 unspecified atom stereocenters. The molecule has 25 heavy (non-hydrogen) atoms. The van der Waals surface area contributed by atoms with Crippen molar-refractivity contribution in [1.82, 2.24) is 5.32 Å². The molecule has 130 valence electrons. The first kappa shape index (κ1) is 17.2. The summed E-state index contributed by atoms with van der Waals surface area (Å²) in [5.41, 5.74) is 8.68. The van der Waals surface area contributed by atoms with E-state index in [9.17, 15) is 14.7 Å². The fourth-order valence-electron chi connectivity index (χ4n) is 3.13. The minimum absolute atomic E-state index is 0.151. The van der Waals surface area contributed by atoms with Gasteiger partial charge in [0.2, 0.25) is 5.91 Å². The molecule has 0 aromatic heterocycles. The van der Waals surface area contributed by atoms with Crippen LogP contribution in [0.1, 0.15) is 29.0 Å². The SMILES string of the molecule is NCc1cccc([C@@H]2C[C@H]2C(=O)N[C@H](Cc2ccccc2)C(=O)O)c1. The molecule has 0 radical (unpaired) electrons. The molecule has 0 spiro atoms. The molecule has 0 saturated heterocycles. The Labute approximate surface area is 146 Å². The van der Waals surface area contributed by atoms with Crippen LogP contribution in [-0.2, 0) is 22.6 Å². The van der Waals surface area contributed by atoms with Crippen LogP contribution in [0.3, 0.4) is 0 Å². The van der Waals surface area contributed by atoms with Gasteiger partial charge in [-0.1, -0.05) is 54.6 Å². The van der Waals surface area contributed by atoms with Gasteiger partial charge in [-0.05, 0) is 29.0 Å². The van der Waals surface area contributed by atoms with Crippen molar-refractivity contribution in [1.29, 1.82) is 0 Å². The molecule has 2 aromatic rings. The second-order valence-corrected chi connectivity index (χ2v) is 6.49. The maximum Gasteiger partial charge on any atom is 0.326 e. The lowest BCUT2D eigenvalue weighted by Gasteiger charge is -2.15. The van der Waals surface area contributed by atoms with Crippen LogP contribution in [-0.4, -0.2) is 23.0 Å². The Bertz CT molecular complexity index is 761. The molecule has 1 aliphatic rings. The molecule has 0 bridgehead atoms. The topological polar surface area (TPSA) is 92.4 Å². The Morgan fingerprint density at radius 1 is 1.12 bits per heavy atom. The Hall–Kier alpha value is -2.66. The van der Waals surface area contributed by atoms with Gasteiger partial charge in [0, 0.05) is 18.9 Å². The van der Waals surface area contributed by atoms with Crippen LogP contribution in [0.5, 0.6) is 0 Å². The molecule has 5 nitrogen and oxygen atoms in total. The van der Waals surface area contributed by atoms with Gasteiger partial charge in [0.1, 0.15) is 6.04 Å². The first-order valence-corrected chi connectivity index (χ1v) is 8.44. The minimum Gasteiger partial charge on any atom is -0.480 e. The lowest BCUT2D eigenvalue weighted by molar-refractivity contribution is -0.142. The summed E-state index contributed by atoms with van der Waals surface area (Å²) in [7, 11) is 0. The molecule has 5 heteroatoms. The predicted octanol–water partition coefficient (Wildman–Crippen LogP) is 2.06. The highest BCUT2D eigenvalue weighted by Crippen LogP contribution is 2.47. The lowest BCUT2D eigenvalue weighted by Crippen LogP contribution is -2.43. The standard InChI is InChI=1S/C20H22N2O3/c21-12-14-7-4-8-15(9-14)16-11-17(16)19(23)22-18(20(24)25)10-13-5-2-1-3-6-13/h1-9,16-18H,10-12,21H2,(H,22,23)(H,24,25)/t16-,17+,18+/m0/s1. The number of rotatable bonds is 7. The van der Waals surface area contributed by atoms with Crippen LogP contribution in [0, 0.1) is 5.92 Å². The lowest BCUT2D eigenvalue weighted by atomic mass is 10.0. The number of amides is 1. The summed E-state index contributed by atoms with van der Waals surface area (Å²) in [6.45, 7) is 0.468. The molecule has 3 rings (SSSR count). The summed E-state index contributed by atoms with van der Waals surface area (Å²) in [6, 6.07) is 16.3. The Morgan fingerprint density at radius 2 is 1.84 bits per heavy atom. The maximum absolute atomic E-state index is 12.4. The van der Waals surface area contributed by atoms with Gasteiger partial charge in [0.25, 0.3) is 0 Å². The van der Waals surface area contributed by atoms with Gasteiger partial charge >= 0.3 is 5.97 Å². The summed E-state index contributed by atoms with van der Waals surface area (Å²) in [5.74, 6) is -1.21. The normalized spacial score (nSPS) is 19.9. The smallest absolute Gasteiger partial charge is 0.326 e. The van der Waals surface area contributed by atoms with E-state index in [2.05, 4.69) is 5.32 Å². The van der Waals surface area contributed by atoms with Crippen LogP contribution in [0.2, 0.25) is 0 Å². The number of benzene rings is 2. The Balaban J connectivity index is 1.62. The van der Waals surface area contributed by atoms with E-state index in [1.807, 2.05) is 54.6 Å².